The summed E-state index contributed by atoms with van der Waals surface area (Å²) in [6.07, 6.45) is 5.51. The summed E-state index contributed by atoms with van der Waals surface area (Å²) in [6.45, 7) is 11.9. The van der Waals surface area contributed by atoms with Gasteiger partial charge in [-0.1, -0.05) is 33.1 Å². The van der Waals surface area contributed by atoms with Crippen LogP contribution in [-0.2, 0) is 0 Å². The molecule has 0 amide bonds. The molecule has 1 heterocycles. The van der Waals surface area contributed by atoms with Gasteiger partial charge in [0, 0.05) is 32.2 Å². The van der Waals surface area contributed by atoms with Crippen molar-refractivity contribution in [3.05, 3.63) is 0 Å². The van der Waals surface area contributed by atoms with Crippen LogP contribution < -0.4 is 5.32 Å². The van der Waals surface area contributed by atoms with E-state index in [1.807, 2.05) is 0 Å². The summed E-state index contributed by atoms with van der Waals surface area (Å²) >= 11 is 0. The lowest BCUT2D eigenvalue weighted by Crippen LogP contribution is -2.50. The summed E-state index contributed by atoms with van der Waals surface area (Å²) in [7, 11) is 0. The van der Waals surface area contributed by atoms with Crippen LogP contribution in [0.2, 0.25) is 0 Å². The lowest BCUT2D eigenvalue weighted by atomic mass is 9.98. The maximum atomic E-state index is 3.50. The molecule has 0 saturated carbocycles. The summed E-state index contributed by atoms with van der Waals surface area (Å²) in [5.74, 6) is 0.926. The van der Waals surface area contributed by atoms with Crippen LogP contribution in [-0.4, -0.2) is 37.1 Å². The van der Waals surface area contributed by atoms with E-state index in [4.69, 9.17) is 0 Å². The zero-order valence-corrected chi connectivity index (χ0v) is 10.8. The molecule has 15 heavy (non-hydrogen) atoms. The van der Waals surface area contributed by atoms with Crippen molar-refractivity contribution in [3.8, 4) is 0 Å². The van der Waals surface area contributed by atoms with Crippen molar-refractivity contribution < 1.29 is 0 Å². The van der Waals surface area contributed by atoms with E-state index in [0.29, 0.717) is 6.04 Å². The molecule has 0 aromatic carbocycles. The minimum Gasteiger partial charge on any atom is -0.312 e. The van der Waals surface area contributed by atoms with Gasteiger partial charge in [0.2, 0.25) is 0 Å². The van der Waals surface area contributed by atoms with Crippen LogP contribution >= 0.6 is 0 Å². The largest absolute Gasteiger partial charge is 0.312 e. The molecule has 0 aliphatic carbocycles. The second-order valence-corrected chi connectivity index (χ2v) is 5.03. The molecule has 1 N–H and O–H groups in total. The molecule has 1 rings (SSSR count). The number of hydrogen-bond acceptors (Lipinski definition) is 2. The molecule has 0 aromatic heterocycles. The minimum atomic E-state index is 0.683. The van der Waals surface area contributed by atoms with E-state index in [-0.39, 0.29) is 0 Å². The third kappa shape index (κ3) is 4.98. The number of unbranched alkanes of at least 4 members (excludes halogenated alkanes) is 1. The molecule has 2 atom stereocenters. The fraction of sp³-hybridized carbons (Fsp3) is 1.00. The van der Waals surface area contributed by atoms with Crippen LogP contribution in [0.1, 0.15) is 46.5 Å². The summed E-state index contributed by atoms with van der Waals surface area (Å²) < 4.78 is 0. The molecule has 2 heteroatoms. The van der Waals surface area contributed by atoms with Gasteiger partial charge >= 0.3 is 0 Å². The van der Waals surface area contributed by atoms with E-state index in [9.17, 15) is 0 Å². The first-order chi connectivity index (χ1) is 7.26. The molecule has 1 unspecified atom stereocenters. The van der Waals surface area contributed by atoms with Gasteiger partial charge in [-0.3, -0.25) is 0 Å². The van der Waals surface area contributed by atoms with Crippen molar-refractivity contribution in [2.24, 2.45) is 5.92 Å². The van der Waals surface area contributed by atoms with E-state index in [1.165, 1.54) is 51.9 Å². The quantitative estimate of drug-likeness (QED) is 0.728. The van der Waals surface area contributed by atoms with Crippen molar-refractivity contribution in [1.29, 1.82) is 0 Å². The van der Waals surface area contributed by atoms with Gasteiger partial charge < -0.3 is 10.2 Å². The first-order valence-electron chi connectivity index (χ1n) is 6.72. The molecule has 1 fully saturated rings. The van der Waals surface area contributed by atoms with E-state index < -0.39 is 0 Å². The lowest BCUT2D eigenvalue weighted by Gasteiger charge is -2.34. The Bertz CT molecular complexity index is 159. The third-order valence-electron chi connectivity index (χ3n) is 3.51. The number of rotatable bonds is 6. The highest BCUT2D eigenvalue weighted by molar-refractivity contribution is 4.76. The average molecular weight is 212 g/mol. The zero-order valence-electron chi connectivity index (χ0n) is 10.8. The van der Waals surface area contributed by atoms with Gasteiger partial charge in [-0.05, 0) is 19.3 Å². The van der Waals surface area contributed by atoms with E-state index in [2.05, 4.69) is 31.0 Å². The van der Waals surface area contributed by atoms with Gasteiger partial charge in [0.25, 0.3) is 0 Å². The molecular formula is C13H28N2. The second kappa shape index (κ2) is 7.24. The van der Waals surface area contributed by atoms with Gasteiger partial charge in [-0.15, -0.1) is 0 Å². The Balaban J connectivity index is 2.24. The van der Waals surface area contributed by atoms with Crippen LogP contribution in [0.3, 0.4) is 0 Å². The highest BCUT2D eigenvalue weighted by atomic mass is 15.2. The summed E-state index contributed by atoms with van der Waals surface area (Å²) in [5, 5.41) is 3.50. The Kier molecular flexibility index (Phi) is 6.26. The van der Waals surface area contributed by atoms with E-state index in [1.54, 1.807) is 0 Å². The second-order valence-electron chi connectivity index (χ2n) is 5.03. The molecule has 1 aliphatic heterocycles. The van der Waals surface area contributed by atoms with Crippen LogP contribution in [0, 0.1) is 5.92 Å². The maximum Gasteiger partial charge on any atom is 0.0167 e. The summed E-state index contributed by atoms with van der Waals surface area (Å²) in [5.41, 5.74) is 0. The molecule has 0 radical (unpaired) electrons. The molecular weight excluding hydrogens is 184 g/mol. The third-order valence-corrected chi connectivity index (χ3v) is 3.51. The Morgan fingerprint density at radius 3 is 2.80 bits per heavy atom. The summed E-state index contributed by atoms with van der Waals surface area (Å²) in [6, 6.07) is 0.683. The highest BCUT2D eigenvalue weighted by Gasteiger charge is 2.18. The topological polar surface area (TPSA) is 15.3 Å². The number of nitrogens with zero attached hydrogens (tertiary/aromatic N) is 1. The van der Waals surface area contributed by atoms with Crippen molar-refractivity contribution in [2.75, 3.05) is 26.2 Å². The normalized spacial score (nSPS) is 25.4. The Morgan fingerprint density at radius 1 is 1.40 bits per heavy atom. The van der Waals surface area contributed by atoms with E-state index in [0.717, 1.165) is 5.92 Å². The molecule has 1 saturated heterocycles. The molecule has 90 valence electrons. The SMILES string of the molecule is CCCCC(CC)CN1CCN[C@@H](C)C1. The maximum absolute atomic E-state index is 3.50. The molecule has 2 nitrogen and oxygen atoms in total. The predicted molar refractivity (Wildman–Crippen MR) is 67.2 cm³/mol. The van der Waals surface area contributed by atoms with Gasteiger partial charge in [0.15, 0.2) is 0 Å². The van der Waals surface area contributed by atoms with Crippen molar-refractivity contribution in [2.45, 2.75) is 52.5 Å². The first kappa shape index (κ1) is 13.0. The van der Waals surface area contributed by atoms with Crippen LogP contribution in [0.4, 0.5) is 0 Å². The summed E-state index contributed by atoms with van der Waals surface area (Å²) in [4.78, 5) is 2.64. The highest BCUT2D eigenvalue weighted by Crippen LogP contribution is 2.15. The minimum absolute atomic E-state index is 0.683. The van der Waals surface area contributed by atoms with E-state index >= 15 is 0 Å². The van der Waals surface area contributed by atoms with Crippen LogP contribution in [0.25, 0.3) is 0 Å². The van der Waals surface area contributed by atoms with Crippen LogP contribution in [0.5, 0.6) is 0 Å². The van der Waals surface area contributed by atoms with Crippen molar-refractivity contribution in [3.63, 3.8) is 0 Å². The van der Waals surface area contributed by atoms with Crippen molar-refractivity contribution >= 4 is 0 Å². The van der Waals surface area contributed by atoms with Crippen molar-refractivity contribution in [1.82, 2.24) is 10.2 Å². The monoisotopic (exact) mass is 212 g/mol. The Labute approximate surface area is 95.4 Å². The van der Waals surface area contributed by atoms with Gasteiger partial charge in [0.05, 0.1) is 0 Å². The van der Waals surface area contributed by atoms with Crippen LogP contribution in [0.15, 0.2) is 0 Å². The molecule has 0 bridgehead atoms. The van der Waals surface area contributed by atoms with Gasteiger partial charge in [-0.25, -0.2) is 0 Å². The fourth-order valence-electron chi connectivity index (χ4n) is 2.46. The Morgan fingerprint density at radius 2 is 2.20 bits per heavy atom. The van der Waals surface area contributed by atoms with Gasteiger partial charge in [-0.2, -0.15) is 0 Å². The number of piperazine rings is 1. The van der Waals surface area contributed by atoms with Gasteiger partial charge in [0.1, 0.15) is 0 Å². The molecule has 0 spiro atoms. The predicted octanol–water partition coefficient (Wildman–Crippen LogP) is 2.50. The fourth-order valence-corrected chi connectivity index (χ4v) is 2.46. The first-order valence-corrected chi connectivity index (χ1v) is 6.72. The Hall–Kier alpha value is -0.0800. The molecule has 0 aromatic rings. The zero-order chi connectivity index (χ0) is 11.1. The lowest BCUT2D eigenvalue weighted by molar-refractivity contribution is 0.171. The molecule has 1 aliphatic rings. The smallest absolute Gasteiger partial charge is 0.0167 e. The number of nitrogens with one attached hydrogen (secondary N) is 1. The standard InChI is InChI=1S/C13H28N2/c1-4-6-7-13(5-2)11-15-9-8-14-12(3)10-15/h12-14H,4-11H2,1-3H3/t12-,13?/m0/s1. The average Bonchev–Trinajstić information content (AvgIpc) is 2.24. The number of hydrogen-bond donors (Lipinski definition) is 1.